The van der Waals surface area contributed by atoms with Crippen molar-refractivity contribution in [1.29, 1.82) is 0 Å². The summed E-state index contributed by atoms with van der Waals surface area (Å²) in [6.45, 7) is 5.47. The largest absolute Gasteiger partial charge is 0.243 e. The van der Waals surface area contributed by atoms with Gasteiger partial charge in [-0.15, -0.1) is 0 Å². The highest BCUT2D eigenvalue weighted by atomic mass is 79.9. The highest BCUT2D eigenvalue weighted by Crippen LogP contribution is 2.27. The van der Waals surface area contributed by atoms with Gasteiger partial charge in [-0.2, -0.15) is 4.31 Å². The first kappa shape index (κ1) is 14.0. The summed E-state index contributed by atoms with van der Waals surface area (Å²) < 4.78 is 27.5. The molecule has 1 aromatic rings. The lowest BCUT2D eigenvalue weighted by Gasteiger charge is -2.34. The summed E-state index contributed by atoms with van der Waals surface area (Å²) in [5.74, 6) is 0.853. The van der Waals surface area contributed by atoms with Gasteiger partial charge < -0.3 is 0 Å². The summed E-state index contributed by atoms with van der Waals surface area (Å²) in [5, 5.41) is 0. The summed E-state index contributed by atoms with van der Waals surface area (Å²) in [4.78, 5) is 0.373. The van der Waals surface area contributed by atoms with Crippen LogP contribution in [0.1, 0.15) is 20.3 Å². The number of rotatable bonds is 2. The molecule has 5 heteroatoms. The Balaban J connectivity index is 2.31. The molecule has 0 N–H and O–H groups in total. The molecule has 3 nitrogen and oxygen atoms in total. The van der Waals surface area contributed by atoms with Crippen LogP contribution in [0, 0.1) is 11.8 Å². The van der Waals surface area contributed by atoms with Crippen LogP contribution in [-0.4, -0.2) is 25.8 Å². The lowest BCUT2D eigenvalue weighted by Crippen LogP contribution is -2.42. The van der Waals surface area contributed by atoms with E-state index in [-0.39, 0.29) is 0 Å². The van der Waals surface area contributed by atoms with Gasteiger partial charge in [-0.05, 0) is 36.5 Å². The van der Waals surface area contributed by atoms with Crippen LogP contribution in [0.5, 0.6) is 0 Å². The molecule has 1 aliphatic rings. The zero-order valence-corrected chi connectivity index (χ0v) is 13.0. The van der Waals surface area contributed by atoms with Crippen LogP contribution in [0.15, 0.2) is 33.6 Å². The molecular weight excluding hydrogens is 314 g/mol. The first-order chi connectivity index (χ1) is 8.39. The fourth-order valence-corrected chi connectivity index (χ4v) is 4.86. The van der Waals surface area contributed by atoms with E-state index in [9.17, 15) is 8.42 Å². The lowest BCUT2D eigenvalue weighted by atomic mass is 9.94. The van der Waals surface area contributed by atoms with E-state index in [0.717, 1.165) is 10.9 Å². The number of halogens is 1. The Morgan fingerprint density at radius 1 is 1.22 bits per heavy atom. The van der Waals surface area contributed by atoms with Crippen LogP contribution in [0.4, 0.5) is 0 Å². The molecule has 0 aliphatic carbocycles. The van der Waals surface area contributed by atoms with E-state index in [2.05, 4.69) is 29.8 Å². The molecule has 0 amide bonds. The van der Waals surface area contributed by atoms with E-state index in [1.807, 2.05) is 6.07 Å². The molecule has 2 atom stereocenters. The van der Waals surface area contributed by atoms with E-state index in [0.29, 0.717) is 29.8 Å². The molecule has 1 saturated heterocycles. The van der Waals surface area contributed by atoms with Gasteiger partial charge in [0, 0.05) is 17.6 Å². The van der Waals surface area contributed by atoms with Crippen LogP contribution in [0.3, 0.4) is 0 Å². The molecule has 0 aromatic heterocycles. The summed E-state index contributed by atoms with van der Waals surface area (Å²) in [7, 11) is -3.35. The van der Waals surface area contributed by atoms with Gasteiger partial charge >= 0.3 is 0 Å². The molecule has 0 radical (unpaired) electrons. The maximum absolute atomic E-state index is 12.5. The molecule has 1 aliphatic heterocycles. The third-order valence-corrected chi connectivity index (χ3v) is 5.59. The van der Waals surface area contributed by atoms with Crippen LogP contribution in [0.25, 0.3) is 0 Å². The second kappa shape index (κ2) is 5.31. The third kappa shape index (κ3) is 2.95. The summed E-state index contributed by atoms with van der Waals surface area (Å²) in [5.41, 5.74) is 0. The van der Waals surface area contributed by atoms with Crippen molar-refractivity contribution in [2.24, 2.45) is 11.8 Å². The maximum Gasteiger partial charge on any atom is 0.243 e. The number of hydrogen-bond donors (Lipinski definition) is 0. The number of benzene rings is 1. The maximum atomic E-state index is 12.5. The summed E-state index contributed by atoms with van der Waals surface area (Å²) in [6, 6.07) is 6.91. The van der Waals surface area contributed by atoms with Gasteiger partial charge in [-0.25, -0.2) is 8.42 Å². The Labute approximate surface area is 117 Å². The van der Waals surface area contributed by atoms with Gasteiger partial charge in [-0.1, -0.05) is 35.8 Å². The van der Waals surface area contributed by atoms with Crippen molar-refractivity contribution in [3.05, 3.63) is 28.7 Å². The van der Waals surface area contributed by atoms with Crippen molar-refractivity contribution in [3.8, 4) is 0 Å². The standard InChI is InChI=1S/C13H18BrNO2S/c1-10-6-11(2)9-15(8-10)18(16,17)13-5-3-4-12(14)7-13/h3-5,7,10-11H,6,8-9H2,1-2H3/t10-,11+. The molecule has 2 rings (SSSR count). The molecule has 100 valence electrons. The Morgan fingerprint density at radius 2 is 1.83 bits per heavy atom. The molecule has 1 aromatic carbocycles. The summed E-state index contributed by atoms with van der Waals surface area (Å²) in [6.07, 6.45) is 1.10. The van der Waals surface area contributed by atoms with Crippen molar-refractivity contribution in [2.45, 2.75) is 25.2 Å². The number of nitrogens with zero attached hydrogens (tertiary/aromatic N) is 1. The SMILES string of the molecule is C[C@@H]1C[C@H](C)CN(S(=O)(=O)c2cccc(Br)c2)C1. The number of piperidine rings is 1. The average Bonchev–Trinajstić information content (AvgIpc) is 2.27. The van der Waals surface area contributed by atoms with Crippen LogP contribution in [0.2, 0.25) is 0 Å². The van der Waals surface area contributed by atoms with Gasteiger partial charge in [-0.3, -0.25) is 0 Å². The second-order valence-corrected chi connectivity index (χ2v) is 8.08. The van der Waals surface area contributed by atoms with E-state index < -0.39 is 10.0 Å². The van der Waals surface area contributed by atoms with Gasteiger partial charge in [0.25, 0.3) is 0 Å². The van der Waals surface area contributed by atoms with E-state index in [4.69, 9.17) is 0 Å². The van der Waals surface area contributed by atoms with Crippen molar-refractivity contribution in [3.63, 3.8) is 0 Å². The molecule has 0 saturated carbocycles. The Bertz CT molecular complexity index is 520. The zero-order valence-electron chi connectivity index (χ0n) is 10.6. The highest BCUT2D eigenvalue weighted by molar-refractivity contribution is 9.10. The Kier molecular flexibility index (Phi) is 4.14. The van der Waals surface area contributed by atoms with Crippen LogP contribution < -0.4 is 0 Å². The van der Waals surface area contributed by atoms with Crippen molar-refractivity contribution < 1.29 is 8.42 Å². The Morgan fingerprint density at radius 3 is 2.39 bits per heavy atom. The minimum absolute atomic E-state index is 0.373. The smallest absolute Gasteiger partial charge is 0.207 e. The first-order valence-corrected chi connectivity index (χ1v) is 8.38. The van der Waals surface area contributed by atoms with Crippen molar-refractivity contribution in [1.82, 2.24) is 4.31 Å². The molecule has 0 spiro atoms. The highest BCUT2D eigenvalue weighted by Gasteiger charge is 2.31. The fraction of sp³-hybridized carbons (Fsp3) is 0.538. The zero-order chi connectivity index (χ0) is 13.3. The van der Waals surface area contributed by atoms with Gasteiger partial charge in [0.1, 0.15) is 0 Å². The second-order valence-electron chi connectivity index (χ2n) is 5.23. The molecule has 18 heavy (non-hydrogen) atoms. The van der Waals surface area contributed by atoms with Gasteiger partial charge in [0.05, 0.1) is 4.90 Å². The Hall–Kier alpha value is -0.390. The average molecular weight is 332 g/mol. The van der Waals surface area contributed by atoms with E-state index in [1.54, 1.807) is 22.5 Å². The topological polar surface area (TPSA) is 37.4 Å². The molecule has 0 bridgehead atoms. The van der Waals surface area contributed by atoms with E-state index in [1.165, 1.54) is 0 Å². The quantitative estimate of drug-likeness (QED) is 0.834. The van der Waals surface area contributed by atoms with Crippen LogP contribution >= 0.6 is 15.9 Å². The normalized spacial score (nSPS) is 26.2. The predicted molar refractivity (Wildman–Crippen MR) is 75.8 cm³/mol. The van der Waals surface area contributed by atoms with Gasteiger partial charge in [0.2, 0.25) is 10.0 Å². The molecular formula is C13H18BrNO2S. The first-order valence-electron chi connectivity index (χ1n) is 6.15. The fourth-order valence-electron chi connectivity index (χ4n) is 2.58. The number of sulfonamides is 1. The lowest BCUT2D eigenvalue weighted by molar-refractivity contribution is 0.222. The predicted octanol–water partition coefficient (Wildman–Crippen LogP) is 3.12. The van der Waals surface area contributed by atoms with Crippen molar-refractivity contribution in [2.75, 3.05) is 13.1 Å². The minimum atomic E-state index is -3.35. The van der Waals surface area contributed by atoms with E-state index >= 15 is 0 Å². The molecule has 0 unspecified atom stereocenters. The monoisotopic (exact) mass is 331 g/mol. The third-order valence-electron chi connectivity index (χ3n) is 3.27. The van der Waals surface area contributed by atoms with Gasteiger partial charge in [0.15, 0.2) is 0 Å². The van der Waals surface area contributed by atoms with Crippen LogP contribution in [-0.2, 0) is 10.0 Å². The molecule has 1 fully saturated rings. The molecule has 1 heterocycles. The minimum Gasteiger partial charge on any atom is -0.207 e. The van der Waals surface area contributed by atoms with Crippen molar-refractivity contribution >= 4 is 26.0 Å². The number of hydrogen-bond acceptors (Lipinski definition) is 2. The summed E-state index contributed by atoms with van der Waals surface area (Å²) >= 11 is 3.32.